The van der Waals surface area contributed by atoms with Crippen molar-refractivity contribution in [3.05, 3.63) is 28.3 Å². The van der Waals surface area contributed by atoms with Crippen LogP contribution in [-0.4, -0.2) is 25.2 Å². The molecule has 0 bridgehead atoms. The molecule has 2 rings (SSSR count). The second kappa shape index (κ2) is 5.59. The summed E-state index contributed by atoms with van der Waals surface area (Å²) in [7, 11) is 1.70. The zero-order chi connectivity index (χ0) is 16.7. The second-order valence-corrected chi connectivity index (χ2v) is 7.07. The number of rotatable bonds is 4. The van der Waals surface area contributed by atoms with E-state index in [4.69, 9.17) is 5.11 Å². The zero-order valence-corrected chi connectivity index (χ0v) is 13.8. The fourth-order valence-corrected chi connectivity index (χ4v) is 2.56. The van der Waals surface area contributed by atoms with Crippen molar-refractivity contribution >= 4 is 17.1 Å². The molecule has 6 heteroatoms. The van der Waals surface area contributed by atoms with E-state index in [1.54, 1.807) is 11.6 Å². The van der Waals surface area contributed by atoms with Crippen LogP contribution in [0, 0.1) is 5.41 Å². The first kappa shape index (κ1) is 16.3. The highest BCUT2D eigenvalue weighted by Gasteiger charge is 2.20. The van der Waals surface area contributed by atoms with Crippen molar-refractivity contribution in [3.8, 4) is 0 Å². The molecular formula is C16H23N3O3. The Morgan fingerprint density at radius 1 is 1.36 bits per heavy atom. The lowest BCUT2D eigenvalue weighted by atomic mass is 9.97. The van der Waals surface area contributed by atoms with Crippen molar-refractivity contribution in [2.24, 2.45) is 12.5 Å². The summed E-state index contributed by atoms with van der Waals surface area (Å²) in [5, 5.41) is 8.90. The Morgan fingerprint density at radius 3 is 2.55 bits per heavy atom. The molecule has 0 saturated carbocycles. The first-order chi connectivity index (χ1) is 10.1. The van der Waals surface area contributed by atoms with Crippen molar-refractivity contribution in [3.63, 3.8) is 0 Å². The van der Waals surface area contributed by atoms with E-state index in [0.717, 1.165) is 5.52 Å². The number of nitrogens with zero attached hydrogens (tertiary/aromatic N) is 3. The standard InChI is InChI=1S/C16H23N3O3/c1-10(8-13(20)21)11-6-7-12-14(17-11)18(5)15(22)19(12)9-16(2,3)4/h6-7,10H,8-9H2,1-5H3,(H,20,21)/t10-/m0/s1. The van der Waals surface area contributed by atoms with Crippen LogP contribution in [0.5, 0.6) is 0 Å². The summed E-state index contributed by atoms with van der Waals surface area (Å²) in [6.45, 7) is 8.67. The molecule has 6 nitrogen and oxygen atoms in total. The van der Waals surface area contributed by atoms with E-state index < -0.39 is 5.97 Å². The minimum atomic E-state index is -0.853. The Morgan fingerprint density at radius 2 is 2.00 bits per heavy atom. The van der Waals surface area contributed by atoms with Gasteiger partial charge in [-0.3, -0.25) is 13.9 Å². The Bertz CT molecular complexity index is 765. The summed E-state index contributed by atoms with van der Waals surface area (Å²) in [5.41, 5.74) is 1.96. The molecule has 120 valence electrons. The van der Waals surface area contributed by atoms with Crippen LogP contribution in [0.1, 0.15) is 45.7 Å². The Hall–Kier alpha value is -2.11. The summed E-state index contributed by atoms with van der Waals surface area (Å²) in [5.74, 6) is -1.04. The van der Waals surface area contributed by atoms with Gasteiger partial charge in [-0.1, -0.05) is 27.7 Å². The number of aryl methyl sites for hydroxylation is 1. The van der Waals surface area contributed by atoms with Gasteiger partial charge in [0, 0.05) is 25.2 Å². The van der Waals surface area contributed by atoms with Gasteiger partial charge in [-0.05, 0) is 17.5 Å². The number of hydrogen-bond donors (Lipinski definition) is 1. The second-order valence-electron chi connectivity index (χ2n) is 7.07. The Balaban J connectivity index is 2.53. The van der Waals surface area contributed by atoms with E-state index in [1.165, 1.54) is 4.57 Å². The normalized spacial score (nSPS) is 13.5. The molecule has 0 aliphatic rings. The number of hydrogen-bond acceptors (Lipinski definition) is 3. The lowest BCUT2D eigenvalue weighted by Crippen LogP contribution is -2.27. The first-order valence-corrected chi connectivity index (χ1v) is 7.38. The predicted octanol–water partition coefficient (Wildman–Crippen LogP) is 2.36. The largest absolute Gasteiger partial charge is 0.481 e. The van der Waals surface area contributed by atoms with Gasteiger partial charge in [0.2, 0.25) is 0 Å². The zero-order valence-electron chi connectivity index (χ0n) is 13.8. The first-order valence-electron chi connectivity index (χ1n) is 7.38. The number of aliphatic carboxylic acids is 1. The van der Waals surface area contributed by atoms with Gasteiger partial charge in [0.1, 0.15) is 0 Å². The topological polar surface area (TPSA) is 77.1 Å². The van der Waals surface area contributed by atoms with Crippen LogP contribution in [0.3, 0.4) is 0 Å². The van der Waals surface area contributed by atoms with Crippen molar-refractivity contribution in [2.45, 2.75) is 46.6 Å². The summed E-state index contributed by atoms with van der Waals surface area (Å²) in [4.78, 5) is 27.8. The van der Waals surface area contributed by atoms with Crippen LogP contribution in [0.4, 0.5) is 0 Å². The van der Waals surface area contributed by atoms with E-state index in [2.05, 4.69) is 25.8 Å². The van der Waals surface area contributed by atoms with Crippen LogP contribution in [0.25, 0.3) is 11.2 Å². The van der Waals surface area contributed by atoms with Crippen LogP contribution in [0.2, 0.25) is 0 Å². The quantitative estimate of drug-likeness (QED) is 0.940. The molecule has 1 N–H and O–H groups in total. The highest BCUT2D eigenvalue weighted by Crippen LogP contribution is 2.22. The predicted molar refractivity (Wildman–Crippen MR) is 85.1 cm³/mol. The maximum Gasteiger partial charge on any atom is 0.330 e. The van der Waals surface area contributed by atoms with Gasteiger partial charge >= 0.3 is 11.7 Å². The number of pyridine rings is 1. The number of imidazole rings is 1. The minimum absolute atomic E-state index is 0.0205. The molecule has 22 heavy (non-hydrogen) atoms. The molecule has 0 unspecified atom stereocenters. The van der Waals surface area contributed by atoms with Gasteiger partial charge in [0.05, 0.1) is 11.9 Å². The smallest absolute Gasteiger partial charge is 0.330 e. The van der Waals surface area contributed by atoms with Gasteiger partial charge in [-0.15, -0.1) is 0 Å². The highest BCUT2D eigenvalue weighted by atomic mass is 16.4. The molecule has 2 aromatic heterocycles. The average Bonchev–Trinajstić information content (AvgIpc) is 2.61. The number of aromatic nitrogens is 3. The summed E-state index contributed by atoms with van der Waals surface area (Å²) in [6, 6.07) is 3.68. The number of fused-ring (bicyclic) bond motifs is 1. The van der Waals surface area contributed by atoms with Crippen molar-refractivity contribution < 1.29 is 9.90 Å². The van der Waals surface area contributed by atoms with Crippen molar-refractivity contribution in [1.82, 2.24) is 14.1 Å². The molecule has 1 atom stereocenters. The van der Waals surface area contributed by atoms with E-state index in [9.17, 15) is 9.59 Å². The maximum absolute atomic E-state index is 12.4. The maximum atomic E-state index is 12.4. The molecular weight excluding hydrogens is 282 g/mol. The highest BCUT2D eigenvalue weighted by molar-refractivity contribution is 5.72. The third-order valence-electron chi connectivity index (χ3n) is 3.62. The Labute approximate surface area is 129 Å². The third-order valence-corrected chi connectivity index (χ3v) is 3.62. The molecule has 0 radical (unpaired) electrons. The number of carboxylic acids is 1. The SMILES string of the molecule is C[C@@H](CC(=O)O)c1ccc2c(n1)n(C)c(=O)n2CC(C)(C)C. The minimum Gasteiger partial charge on any atom is -0.481 e. The van der Waals surface area contributed by atoms with Gasteiger partial charge in [-0.2, -0.15) is 0 Å². The molecule has 0 aromatic carbocycles. The molecule has 2 aromatic rings. The molecule has 2 heterocycles. The van der Waals surface area contributed by atoms with Crippen LogP contribution < -0.4 is 5.69 Å². The fraction of sp³-hybridized carbons (Fsp3) is 0.562. The van der Waals surface area contributed by atoms with Gasteiger partial charge in [0.15, 0.2) is 5.65 Å². The monoisotopic (exact) mass is 305 g/mol. The van der Waals surface area contributed by atoms with Crippen LogP contribution >= 0.6 is 0 Å². The van der Waals surface area contributed by atoms with Gasteiger partial charge in [0.25, 0.3) is 0 Å². The van der Waals surface area contributed by atoms with Crippen molar-refractivity contribution in [1.29, 1.82) is 0 Å². The lowest BCUT2D eigenvalue weighted by molar-refractivity contribution is -0.137. The van der Waals surface area contributed by atoms with E-state index in [0.29, 0.717) is 17.9 Å². The fourth-order valence-electron chi connectivity index (χ4n) is 2.56. The lowest BCUT2D eigenvalue weighted by Gasteiger charge is -2.18. The molecule has 0 saturated heterocycles. The molecule has 0 aliphatic carbocycles. The molecule has 0 aliphatic heterocycles. The summed E-state index contributed by atoms with van der Waals surface area (Å²) < 4.78 is 3.26. The molecule has 0 spiro atoms. The number of carboxylic acid groups (broad SMARTS) is 1. The van der Waals surface area contributed by atoms with E-state index in [1.807, 2.05) is 19.1 Å². The third kappa shape index (κ3) is 3.21. The molecule has 0 amide bonds. The number of carbonyl (C=O) groups is 1. The van der Waals surface area contributed by atoms with Gasteiger partial charge < -0.3 is 5.11 Å². The van der Waals surface area contributed by atoms with Crippen LogP contribution in [0.15, 0.2) is 16.9 Å². The van der Waals surface area contributed by atoms with E-state index >= 15 is 0 Å². The van der Waals surface area contributed by atoms with Crippen molar-refractivity contribution in [2.75, 3.05) is 0 Å². The van der Waals surface area contributed by atoms with Gasteiger partial charge in [-0.25, -0.2) is 9.78 Å². The van der Waals surface area contributed by atoms with E-state index in [-0.39, 0.29) is 23.4 Å². The van der Waals surface area contributed by atoms with Crippen LogP contribution in [-0.2, 0) is 18.4 Å². The average molecular weight is 305 g/mol. The summed E-state index contributed by atoms with van der Waals surface area (Å²) >= 11 is 0. The Kier molecular flexibility index (Phi) is 4.13. The molecule has 0 fully saturated rings. The summed E-state index contributed by atoms with van der Waals surface area (Å²) in [6.07, 6.45) is 0.0230.